The SMILES string of the molecule is N#Cc1nc(Sc2nnc(CN3CCCCC3)n2-c2ccc(F)cc2)ccc1Cl. The van der Waals surface area contributed by atoms with Gasteiger partial charge in [0.1, 0.15) is 16.9 Å². The van der Waals surface area contributed by atoms with Crippen LogP contribution in [0, 0.1) is 17.1 Å². The summed E-state index contributed by atoms with van der Waals surface area (Å²) in [6.07, 6.45) is 3.61. The summed E-state index contributed by atoms with van der Waals surface area (Å²) in [7, 11) is 0. The Kier molecular flexibility index (Phi) is 6.09. The number of hydrogen-bond acceptors (Lipinski definition) is 6. The van der Waals surface area contributed by atoms with Crippen molar-refractivity contribution >= 4 is 23.4 Å². The number of aromatic nitrogens is 4. The van der Waals surface area contributed by atoms with Gasteiger partial charge in [-0.2, -0.15) is 5.26 Å². The van der Waals surface area contributed by atoms with Crippen LogP contribution in [0.25, 0.3) is 5.69 Å². The average molecular weight is 429 g/mol. The Labute approximate surface area is 177 Å². The van der Waals surface area contributed by atoms with Gasteiger partial charge in [0.15, 0.2) is 11.5 Å². The molecule has 148 valence electrons. The van der Waals surface area contributed by atoms with Gasteiger partial charge in [-0.1, -0.05) is 18.0 Å². The van der Waals surface area contributed by atoms with Crippen molar-refractivity contribution in [1.29, 1.82) is 5.26 Å². The Morgan fingerprint density at radius 3 is 2.55 bits per heavy atom. The maximum Gasteiger partial charge on any atom is 0.202 e. The van der Waals surface area contributed by atoms with E-state index >= 15 is 0 Å². The second-order valence-corrected chi connectivity index (χ2v) is 8.14. The second kappa shape index (κ2) is 8.91. The molecule has 6 nitrogen and oxygen atoms in total. The van der Waals surface area contributed by atoms with Crippen LogP contribution in [0.2, 0.25) is 5.02 Å². The molecule has 9 heteroatoms. The number of halogens is 2. The van der Waals surface area contributed by atoms with Crippen molar-refractivity contribution in [3.05, 3.63) is 58.8 Å². The number of piperidine rings is 1. The first kappa shape index (κ1) is 19.8. The van der Waals surface area contributed by atoms with Crippen LogP contribution >= 0.6 is 23.4 Å². The van der Waals surface area contributed by atoms with E-state index in [0.29, 0.717) is 21.7 Å². The van der Waals surface area contributed by atoms with Crippen LogP contribution in [-0.4, -0.2) is 37.7 Å². The minimum atomic E-state index is -0.299. The van der Waals surface area contributed by atoms with Crippen molar-refractivity contribution in [3.63, 3.8) is 0 Å². The lowest BCUT2D eigenvalue weighted by Gasteiger charge is -2.26. The summed E-state index contributed by atoms with van der Waals surface area (Å²) < 4.78 is 15.4. The molecule has 3 heterocycles. The maximum atomic E-state index is 13.5. The molecule has 0 aliphatic carbocycles. The summed E-state index contributed by atoms with van der Waals surface area (Å²) in [6, 6.07) is 11.6. The van der Waals surface area contributed by atoms with Gasteiger partial charge in [-0.25, -0.2) is 9.37 Å². The topological polar surface area (TPSA) is 70.6 Å². The van der Waals surface area contributed by atoms with Gasteiger partial charge < -0.3 is 0 Å². The van der Waals surface area contributed by atoms with Crippen LogP contribution in [-0.2, 0) is 6.54 Å². The van der Waals surface area contributed by atoms with E-state index in [2.05, 4.69) is 20.1 Å². The molecule has 0 spiro atoms. The zero-order valence-electron chi connectivity index (χ0n) is 15.6. The summed E-state index contributed by atoms with van der Waals surface area (Å²) in [4.78, 5) is 6.64. The zero-order valence-corrected chi connectivity index (χ0v) is 17.1. The second-order valence-electron chi connectivity index (χ2n) is 6.74. The van der Waals surface area contributed by atoms with E-state index in [-0.39, 0.29) is 11.5 Å². The number of rotatable bonds is 5. The molecular weight excluding hydrogens is 411 g/mol. The molecule has 1 fully saturated rings. The average Bonchev–Trinajstić information content (AvgIpc) is 3.12. The van der Waals surface area contributed by atoms with Crippen LogP contribution in [0.5, 0.6) is 0 Å². The van der Waals surface area contributed by atoms with Gasteiger partial charge >= 0.3 is 0 Å². The molecule has 0 amide bonds. The van der Waals surface area contributed by atoms with Crippen molar-refractivity contribution < 1.29 is 4.39 Å². The molecule has 1 aromatic carbocycles. The highest BCUT2D eigenvalue weighted by molar-refractivity contribution is 7.99. The van der Waals surface area contributed by atoms with Crippen LogP contribution in [0.4, 0.5) is 4.39 Å². The van der Waals surface area contributed by atoms with Gasteiger partial charge in [0.2, 0.25) is 5.16 Å². The molecule has 4 rings (SSSR count). The van der Waals surface area contributed by atoms with Crippen LogP contribution in [0.15, 0.2) is 46.6 Å². The number of pyridine rings is 1. The molecule has 0 N–H and O–H groups in total. The monoisotopic (exact) mass is 428 g/mol. The minimum absolute atomic E-state index is 0.165. The van der Waals surface area contributed by atoms with Crippen molar-refractivity contribution in [1.82, 2.24) is 24.6 Å². The van der Waals surface area contributed by atoms with Crippen molar-refractivity contribution in [2.75, 3.05) is 13.1 Å². The predicted octanol–water partition coefficient (Wildman–Crippen LogP) is 4.46. The summed E-state index contributed by atoms with van der Waals surface area (Å²) in [5.41, 5.74) is 0.943. The lowest BCUT2D eigenvalue weighted by atomic mass is 10.1. The molecule has 0 radical (unpaired) electrons. The molecule has 1 saturated heterocycles. The normalized spacial score (nSPS) is 14.7. The number of benzene rings is 1. The fraction of sp³-hybridized carbons (Fsp3) is 0.300. The molecule has 0 atom stereocenters. The van der Waals surface area contributed by atoms with Crippen LogP contribution in [0.1, 0.15) is 30.8 Å². The molecule has 1 aliphatic heterocycles. The Bertz CT molecular complexity index is 1040. The van der Waals surface area contributed by atoms with Gasteiger partial charge in [0.25, 0.3) is 0 Å². The maximum absolute atomic E-state index is 13.5. The first-order chi connectivity index (χ1) is 14.1. The number of nitriles is 1. The first-order valence-corrected chi connectivity index (χ1v) is 10.5. The van der Waals surface area contributed by atoms with E-state index in [1.165, 1.54) is 43.2 Å². The third kappa shape index (κ3) is 4.58. The van der Waals surface area contributed by atoms with Gasteiger partial charge in [0.05, 0.1) is 11.6 Å². The molecular formula is C20H18ClFN6S. The van der Waals surface area contributed by atoms with Crippen molar-refractivity contribution in [2.24, 2.45) is 0 Å². The third-order valence-electron chi connectivity index (χ3n) is 4.72. The minimum Gasteiger partial charge on any atom is -0.296 e. The Morgan fingerprint density at radius 2 is 1.83 bits per heavy atom. The third-order valence-corrected chi connectivity index (χ3v) is 5.91. The highest BCUT2D eigenvalue weighted by Crippen LogP contribution is 2.30. The van der Waals surface area contributed by atoms with Gasteiger partial charge in [-0.15, -0.1) is 10.2 Å². The molecule has 3 aromatic rings. The molecule has 0 unspecified atom stereocenters. The Hall–Kier alpha value is -2.47. The first-order valence-electron chi connectivity index (χ1n) is 9.31. The Morgan fingerprint density at radius 1 is 1.07 bits per heavy atom. The fourth-order valence-electron chi connectivity index (χ4n) is 3.29. The van der Waals surface area contributed by atoms with Crippen molar-refractivity contribution in [2.45, 2.75) is 36.0 Å². The number of nitrogens with zero attached hydrogens (tertiary/aromatic N) is 6. The van der Waals surface area contributed by atoms with Crippen LogP contribution < -0.4 is 0 Å². The summed E-state index contributed by atoms with van der Waals surface area (Å²) in [5.74, 6) is 0.488. The van der Waals surface area contributed by atoms with E-state index in [1.54, 1.807) is 24.3 Å². The van der Waals surface area contributed by atoms with E-state index in [9.17, 15) is 9.65 Å². The number of hydrogen-bond donors (Lipinski definition) is 0. The van der Waals surface area contributed by atoms with E-state index in [1.807, 2.05) is 10.6 Å². The fourth-order valence-corrected chi connectivity index (χ4v) is 4.28. The van der Waals surface area contributed by atoms with Crippen molar-refractivity contribution in [3.8, 4) is 11.8 Å². The Balaban J connectivity index is 1.69. The highest BCUT2D eigenvalue weighted by atomic mass is 35.5. The highest BCUT2D eigenvalue weighted by Gasteiger charge is 2.20. The van der Waals surface area contributed by atoms with E-state index < -0.39 is 0 Å². The number of likely N-dealkylation sites (tertiary alicyclic amines) is 1. The van der Waals surface area contributed by atoms with Gasteiger partial charge in [0, 0.05) is 5.69 Å². The summed E-state index contributed by atoms with van der Waals surface area (Å²) in [6.45, 7) is 2.73. The smallest absolute Gasteiger partial charge is 0.202 e. The van der Waals surface area contributed by atoms with E-state index in [4.69, 9.17) is 11.6 Å². The quantitative estimate of drug-likeness (QED) is 0.597. The molecule has 1 aliphatic rings. The molecule has 2 aromatic heterocycles. The lowest BCUT2D eigenvalue weighted by Crippen LogP contribution is -2.30. The summed E-state index contributed by atoms with van der Waals surface area (Å²) in [5, 5.41) is 19.4. The standard InChI is InChI=1S/C20H18ClFN6S/c21-16-8-9-19(24-17(16)12-23)29-20-26-25-18(13-27-10-2-1-3-11-27)28(20)15-6-4-14(22)5-7-15/h4-9H,1-3,10-11,13H2. The predicted molar refractivity (Wildman–Crippen MR) is 109 cm³/mol. The molecule has 0 bridgehead atoms. The zero-order chi connectivity index (χ0) is 20.2. The molecule has 29 heavy (non-hydrogen) atoms. The molecule has 0 saturated carbocycles. The lowest BCUT2D eigenvalue weighted by molar-refractivity contribution is 0.214. The van der Waals surface area contributed by atoms with Crippen LogP contribution in [0.3, 0.4) is 0 Å². The van der Waals surface area contributed by atoms with Gasteiger partial charge in [-0.3, -0.25) is 9.47 Å². The van der Waals surface area contributed by atoms with E-state index in [0.717, 1.165) is 24.6 Å². The summed E-state index contributed by atoms with van der Waals surface area (Å²) >= 11 is 7.28. The van der Waals surface area contributed by atoms with Gasteiger partial charge in [-0.05, 0) is 74.1 Å². The largest absolute Gasteiger partial charge is 0.296 e.